The first-order chi connectivity index (χ1) is 20.8. The van der Waals surface area contributed by atoms with Crippen LogP contribution in [0, 0.1) is 0 Å². The molecule has 1 saturated heterocycles. The summed E-state index contributed by atoms with van der Waals surface area (Å²) >= 11 is 0. The molecule has 1 aromatic heterocycles. The van der Waals surface area contributed by atoms with Gasteiger partial charge in [0.15, 0.2) is 6.10 Å². The number of hydrogen-bond donors (Lipinski definition) is 4. The molecule has 2 heterocycles. The van der Waals surface area contributed by atoms with E-state index in [2.05, 4.69) is 15.2 Å². The van der Waals surface area contributed by atoms with E-state index in [0.29, 0.717) is 30.3 Å². The molecule has 2 saturated carbocycles. The van der Waals surface area contributed by atoms with Crippen molar-refractivity contribution in [2.75, 3.05) is 12.3 Å². The van der Waals surface area contributed by atoms with Gasteiger partial charge in [-0.05, 0) is 71.3 Å². The van der Waals surface area contributed by atoms with E-state index in [1.165, 1.54) is 13.8 Å². The van der Waals surface area contributed by atoms with Gasteiger partial charge in [0, 0.05) is 6.20 Å². The molecular formula is C27H42F2N5O9P. The highest BCUT2D eigenvalue weighted by Crippen LogP contribution is 2.45. The number of halogens is 2. The van der Waals surface area contributed by atoms with Gasteiger partial charge in [-0.1, -0.05) is 12.8 Å². The SMILES string of the molecule is C[C@H](NP(=O)(N[C@@H](C)C(=O)OC1CCCCC1)OC[C@H]1O[C@@H](n2ccc(N)nc2=O)C(F)(F)C1O)C(=O)OC1CCCCC1. The Hall–Kier alpha value is -2.49. The molecule has 3 fully saturated rings. The van der Waals surface area contributed by atoms with E-state index < -0.39 is 68.3 Å². The average Bonchev–Trinajstić information content (AvgIpc) is 3.20. The van der Waals surface area contributed by atoms with E-state index >= 15 is 8.78 Å². The van der Waals surface area contributed by atoms with Crippen molar-refractivity contribution in [1.29, 1.82) is 0 Å². The molecule has 14 nitrogen and oxygen atoms in total. The van der Waals surface area contributed by atoms with Gasteiger partial charge in [-0.3, -0.25) is 18.7 Å². The van der Waals surface area contributed by atoms with Crippen molar-refractivity contribution in [2.45, 2.75) is 127 Å². The molecule has 3 aliphatic rings. The zero-order valence-corrected chi connectivity index (χ0v) is 25.8. The lowest BCUT2D eigenvalue weighted by atomic mass is 9.98. The molecule has 1 aromatic rings. The predicted octanol–water partition coefficient (Wildman–Crippen LogP) is 2.55. The zero-order valence-electron chi connectivity index (χ0n) is 24.9. The fraction of sp³-hybridized carbons (Fsp3) is 0.778. The predicted molar refractivity (Wildman–Crippen MR) is 152 cm³/mol. The third-order valence-corrected chi connectivity index (χ3v) is 9.98. The monoisotopic (exact) mass is 649 g/mol. The first-order valence-electron chi connectivity index (χ1n) is 15.1. The van der Waals surface area contributed by atoms with Crippen LogP contribution in [0.5, 0.6) is 0 Å². The van der Waals surface area contributed by atoms with Crippen molar-refractivity contribution in [3.63, 3.8) is 0 Å². The standard InChI is InChI=1S/C27H42F2N5O9P/c1-16(23(36)41-18-9-5-3-6-10-18)32-44(39,33-17(2)24(37)42-19-11-7-4-8-12-19)40-15-20-22(35)27(28,29)25(43-20)34-14-13-21(30)31-26(34)38/h13-14,16-20,22,25,35H,3-12,15H2,1-2H3,(H2,30,31,38)(H2,32,33,39)/t16-,17-,20+,22?,25+/m0/s1. The number of nitrogens with one attached hydrogen (secondary N) is 2. The lowest BCUT2D eigenvalue weighted by Gasteiger charge is -2.29. The maximum absolute atomic E-state index is 15.0. The van der Waals surface area contributed by atoms with Crippen molar-refractivity contribution in [3.8, 4) is 0 Å². The Morgan fingerprint density at radius 1 is 1.07 bits per heavy atom. The summed E-state index contributed by atoms with van der Waals surface area (Å²) in [6, 6.07) is -1.28. The normalized spacial score (nSPS) is 26.2. The molecule has 0 amide bonds. The molecule has 5 atom stereocenters. The molecule has 1 unspecified atom stereocenters. The van der Waals surface area contributed by atoms with Crippen LogP contribution >= 0.6 is 7.67 Å². The number of carbonyl (C=O) groups is 2. The lowest BCUT2D eigenvalue weighted by molar-refractivity contribution is -0.152. The Kier molecular flexibility index (Phi) is 11.5. The van der Waals surface area contributed by atoms with E-state index in [1.54, 1.807) is 0 Å². The van der Waals surface area contributed by atoms with Gasteiger partial charge in [0.05, 0.1) is 6.61 Å². The number of aliphatic hydroxyl groups excluding tert-OH is 1. The molecule has 2 aliphatic carbocycles. The molecule has 248 valence electrons. The third kappa shape index (κ3) is 8.61. The molecule has 0 aromatic carbocycles. The summed E-state index contributed by atoms with van der Waals surface area (Å²) in [6.45, 7) is 1.90. The van der Waals surface area contributed by atoms with Crippen LogP contribution in [0.3, 0.4) is 0 Å². The lowest BCUT2D eigenvalue weighted by Crippen LogP contribution is -2.45. The van der Waals surface area contributed by atoms with Crippen molar-refractivity contribution in [2.24, 2.45) is 0 Å². The Bertz CT molecular complexity index is 1210. The van der Waals surface area contributed by atoms with Crippen molar-refractivity contribution in [3.05, 3.63) is 22.7 Å². The van der Waals surface area contributed by atoms with Gasteiger partial charge in [0.1, 0.15) is 36.2 Å². The highest BCUT2D eigenvalue weighted by atomic mass is 31.2. The first kappa shape index (κ1) is 34.4. The van der Waals surface area contributed by atoms with Crippen LogP contribution in [0.15, 0.2) is 17.1 Å². The molecule has 1 aliphatic heterocycles. The van der Waals surface area contributed by atoms with Gasteiger partial charge in [0.25, 0.3) is 0 Å². The summed E-state index contributed by atoms with van der Waals surface area (Å²) in [7, 11) is -4.41. The number of ether oxygens (including phenoxy) is 3. The molecule has 0 radical (unpaired) electrons. The number of nitrogens with two attached hydrogens (primary N) is 1. The van der Waals surface area contributed by atoms with Crippen LogP contribution in [0.2, 0.25) is 0 Å². The van der Waals surface area contributed by atoms with Crippen LogP contribution in [-0.2, 0) is 32.9 Å². The van der Waals surface area contributed by atoms with E-state index in [0.717, 1.165) is 50.8 Å². The average molecular weight is 650 g/mol. The minimum atomic E-state index is -4.41. The summed E-state index contributed by atoms with van der Waals surface area (Å²) in [5.74, 6) is -5.59. The van der Waals surface area contributed by atoms with Crippen LogP contribution in [0.25, 0.3) is 0 Å². The topological polar surface area (TPSA) is 193 Å². The number of aliphatic hydroxyl groups is 1. The van der Waals surface area contributed by atoms with E-state index in [9.17, 15) is 24.1 Å². The Morgan fingerprint density at radius 3 is 2.05 bits per heavy atom. The molecule has 44 heavy (non-hydrogen) atoms. The number of nitrogens with zero attached hydrogens (tertiary/aromatic N) is 2. The van der Waals surface area contributed by atoms with Crippen LogP contribution in [0.4, 0.5) is 14.6 Å². The van der Waals surface area contributed by atoms with Gasteiger partial charge < -0.3 is 29.6 Å². The zero-order chi connectivity index (χ0) is 32.1. The molecular weight excluding hydrogens is 607 g/mol. The minimum absolute atomic E-state index is 0.196. The van der Waals surface area contributed by atoms with E-state index in [4.69, 9.17) is 24.5 Å². The summed E-state index contributed by atoms with van der Waals surface area (Å²) in [4.78, 5) is 41.3. The molecule has 17 heteroatoms. The quantitative estimate of drug-likeness (QED) is 0.191. The molecule has 0 spiro atoms. The Balaban J connectivity index is 1.46. The number of hydrogen-bond acceptors (Lipinski definition) is 11. The summed E-state index contributed by atoms with van der Waals surface area (Å²) in [6.07, 6.45) is 2.42. The number of aromatic nitrogens is 2. The molecule has 4 rings (SSSR count). The number of carbonyl (C=O) groups excluding carboxylic acids is 2. The highest BCUT2D eigenvalue weighted by Gasteiger charge is 2.60. The number of anilines is 1. The molecule has 0 bridgehead atoms. The summed E-state index contributed by atoms with van der Waals surface area (Å²) < 4.78 is 66.5. The summed E-state index contributed by atoms with van der Waals surface area (Å²) in [5, 5.41) is 15.5. The second-order valence-corrected chi connectivity index (χ2v) is 13.5. The van der Waals surface area contributed by atoms with Gasteiger partial charge in [-0.25, -0.2) is 15.0 Å². The smallest absolute Gasteiger partial charge is 0.351 e. The fourth-order valence-corrected chi connectivity index (χ4v) is 7.33. The van der Waals surface area contributed by atoms with Gasteiger partial charge in [-0.15, -0.1) is 0 Å². The van der Waals surface area contributed by atoms with Crippen LogP contribution < -0.4 is 21.6 Å². The number of rotatable bonds is 12. The van der Waals surface area contributed by atoms with E-state index in [1.807, 2.05) is 0 Å². The van der Waals surface area contributed by atoms with Crippen LogP contribution in [0.1, 0.15) is 84.3 Å². The second-order valence-electron chi connectivity index (χ2n) is 11.6. The highest BCUT2D eigenvalue weighted by molar-refractivity contribution is 7.54. The number of nitrogen functional groups attached to an aromatic ring is 1. The Labute approximate surface area is 253 Å². The van der Waals surface area contributed by atoms with Crippen molar-refractivity contribution in [1.82, 2.24) is 19.7 Å². The van der Waals surface area contributed by atoms with E-state index in [-0.39, 0.29) is 18.0 Å². The van der Waals surface area contributed by atoms with Crippen molar-refractivity contribution >= 4 is 25.4 Å². The first-order valence-corrected chi connectivity index (χ1v) is 16.7. The maximum Gasteiger partial charge on any atom is 0.351 e. The third-order valence-electron chi connectivity index (χ3n) is 8.01. The summed E-state index contributed by atoms with van der Waals surface area (Å²) in [5.41, 5.74) is 4.31. The van der Waals surface area contributed by atoms with Gasteiger partial charge in [-0.2, -0.15) is 13.8 Å². The van der Waals surface area contributed by atoms with Gasteiger partial charge >= 0.3 is 31.2 Å². The maximum atomic E-state index is 15.0. The largest absolute Gasteiger partial charge is 0.461 e. The molecule has 5 N–H and O–H groups in total. The minimum Gasteiger partial charge on any atom is -0.461 e. The van der Waals surface area contributed by atoms with Gasteiger partial charge in [0.2, 0.25) is 6.23 Å². The Morgan fingerprint density at radius 2 is 1.57 bits per heavy atom. The number of alkyl halides is 2. The van der Waals surface area contributed by atoms with Crippen molar-refractivity contribution < 1.29 is 46.8 Å². The fourth-order valence-electron chi connectivity index (χ4n) is 5.51. The van der Waals surface area contributed by atoms with Crippen LogP contribution in [-0.4, -0.2) is 75.6 Å². The second kappa shape index (κ2) is 14.7. The number of esters is 2.